The van der Waals surface area contributed by atoms with Crippen molar-refractivity contribution in [1.82, 2.24) is 25.1 Å². The van der Waals surface area contributed by atoms with E-state index < -0.39 is 17.8 Å². The molecule has 1 saturated carbocycles. The lowest BCUT2D eigenvalue weighted by atomic mass is 9.89. The molecule has 0 spiro atoms. The third-order valence-electron chi connectivity index (χ3n) is 7.96. The largest absolute Gasteiger partial charge is 0.453 e. The van der Waals surface area contributed by atoms with E-state index >= 15 is 0 Å². The Morgan fingerprint density at radius 2 is 1.88 bits per heavy atom. The lowest BCUT2D eigenvalue weighted by Crippen LogP contribution is -2.54. The highest BCUT2D eigenvalue weighted by molar-refractivity contribution is 5.98. The van der Waals surface area contributed by atoms with Gasteiger partial charge in [0.2, 0.25) is 0 Å². The Kier molecular flexibility index (Phi) is 8.63. The second kappa shape index (κ2) is 12.3. The lowest BCUT2D eigenvalue weighted by Gasteiger charge is -2.36. The van der Waals surface area contributed by atoms with Crippen LogP contribution >= 0.6 is 0 Å². The SMILES string of the molecule is COC(=O)N[C@H]1CCCC[C@@H]1n1cnc(C(=O)N2CCNC[C@H]2Cc2cccc(C(F)(F)F)c2)c1-c1ccccc1. The van der Waals surface area contributed by atoms with E-state index in [9.17, 15) is 22.8 Å². The molecule has 11 heteroatoms. The molecule has 1 aromatic heterocycles. The molecule has 0 radical (unpaired) electrons. The Balaban J connectivity index is 1.48. The highest BCUT2D eigenvalue weighted by Gasteiger charge is 2.36. The molecule has 2 N–H and O–H groups in total. The van der Waals surface area contributed by atoms with E-state index in [4.69, 9.17) is 4.74 Å². The normalized spacial score (nSPS) is 21.4. The Bertz CT molecular complexity index is 1360. The summed E-state index contributed by atoms with van der Waals surface area (Å²) in [6.45, 7) is 1.43. The molecule has 1 aliphatic carbocycles. The van der Waals surface area contributed by atoms with Gasteiger partial charge in [0.15, 0.2) is 5.69 Å². The van der Waals surface area contributed by atoms with E-state index in [0.29, 0.717) is 30.9 Å². The van der Waals surface area contributed by atoms with Gasteiger partial charge in [-0.15, -0.1) is 0 Å². The summed E-state index contributed by atoms with van der Waals surface area (Å²) >= 11 is 0. The van der Waals surface area contributed by atoms with Crippen molar-refractivity contribution < 1.29 is 27.5 Å². The fourth-order valence-corrected chi connectivity index (χ4v) is 5.97. The summed E-state index contributed by atoms with van der Waals surface area (Å²) in [6.07, 6.45) is 0.502. The van der Waals surface area contributed by atoms with E-state index in [0.717, 1.165) is 43.4 Å². The van der Waals surface area contributed by atoms with Crippen LogP contribution in [0.3, 0.4) is 0 Å². The van der Waals surface area contributed by atoms with Crippen LogP contribution in [0.25, 0.3) is 11.3 Å². The number of imidazole rings is 1. The fourth-order valence-electron chi connectivity index (χ4n) is 5.97. The number of aromatic nitrogens is 2. The van der Waals surface area contributed by atoms with Gasteiger partial charge in [-0.2, -0.15) is 13.2 Å². The van der Waals surface area contributed by atoms with E-state index in [-0.39, 0.29) is 36.1 Å². The van der Waals surface area contributed by atoms with Crippen LogP contribution in [0.15, 0.2) is 60.9 Å². The Morgan fingerprint density at radius 3 is 2.63 bits per heavy atom. The number of hydrogen-bond donors (Lipinski definition) is 2. The summed E-state index contributed by atoms with van der Waals surface area (Å²) in [4.78, 5) is 32.6. The number of carbonyl (C=O) groups is 2. The molecule has 2 amide bonds. The minimum Gasteiger partial charge on any atom is -0.453 e. The van der Waals surface area contributed by atoms with Crippen LogP contribution in [-0.4, -0.2) is 65.3 Å². The average Bonchev–Trinajstić information content (AvgIpc) is 3.42. The van der Waals surface area contributed by atoms with Gasteiger partial charge in [0, 0.05) is 31.2 Å². The summed E-state index contributed by atoms with van der Waals surface area (Å²) in [5.74, 6) is -0.269. The molecule has 0 unspecified atom stereocenters. The molecule has 3 atom stereocenters. The zero-order chi connectivity index (χ0) is 29.0. The third kappa shape index (κ3) is 6.40. The first-order chi connectivity index (χ1) is 19.8. The van der Waals surface area contributed by atoms with Crippen LogP contribution in [0.4, 0.5) is 18.0 Å². The molecule has 2 aliphatic rings. The van der Waals surface area contributed by atoms with Crippen LogP contribution in [0, 0.1) is 0 Å². The molecule has 3 aromatic rings. The molecule has 8 nitrogen and oxygen atoms in total. The highest BCUT2D eigenvalue weighted by Crippen LogP contribution is 2.35. The summed E-state index contributed by atoms with van der Waals surface area (Å²) < 4.78 is 46.9. The number of methoxy groups -OCH3 is 1. The van der Waals surface area contributed by atoms with E-state index in [1.807, 2.05) is 34.9 Å². The lowest BCUT2D eigenvalue weighted by molar-refractivity contribution is -0.137. The molecule has 1 aliphatic heterocycles. The number of amides is 2. The van der Waals surface area contributed by atoms with Crippen LogP contribution in [0.2, 0.25) is 0 Å². The van der Waals surface area contributed by atoms with Gasteiger partial charge in [-0.3, -0.25) is 4.79 Å². The maximum Gasteiger partial charge on any atom is 0.416 e. The molecule has 218 valence electrons. The van der Waals surface area contributed by atoms with Gasteiger partial charge in [0.25, 0.3) is 5.91 Å². The number of rotatable bonds is 6. The first-order valence-electron chi connectivity index (χ1n) is 13.9. The number of alkyl halides is 3. The smallest absolute Gasteiger partial charge is 0.416 e. The van der Waals surface area contributed by atoms with Crippen molar-refractivity contribution in [1.29, 1.82) is 0 Å². The van der Waals surface area contributed by atoms with Gasteiger partial charge in [0.1, 0.15) is 0 Å². The standard InChI is InChI=1S/C30H34F3N5O3/c1-41-29(40)36-24-12-5-6-13-25(24)38-19-35-26(27(38)21-9-3-2-4-10-21)28(39)37-15-14-34-18-23(37)17-20-8-7-11-22(16-20)30(31,32)33/h2-4,7-11,16,19,23-25,34H,5-6,12-15,17-18H2,1H3,(H,36,40)/t23-,24+,25+/m1/s1. The number of piperazine rings is 1. The van der Waals surface area contributed by atoms with Crippen molar-refractivity contribution in [2.75, 3.05) is 26.7 Å². The van der Waals surface area contributed by atoms with Crippen LogP contribution in [-0.2, 0) is 17.3 Å². The first kappa shape index (κ1) is 28.7. The van der Waals surface area contributed by atoms with Gasteiger partial charge in [-0.1, -0.05) is 61.4 Å². The molecule has 1 saturated heterocycles. The number of ether oxygens (including phenoxy) is 1. The molecular formula is C30H34F3N5O3. The summed E-state index contributed by atoms with van der Waals surface area (Å²) in [7, 11) is 1.33. The number of nitrogens with zero attached hydrogens (tertiary/aromatic N) is 3. The van der Waals surface area contributed by atoms with Crippen molar-refractivity contribution in [2.24, 2.45) is 0 Å². The average molecular weight is 570 g/mol. The van der Waals surface area contributed by atoms with Gasteiger partial charge >= 0.3 is 12.3 Å². The van der Waals surface area contributed by atoms with Crippen LogP contribution in [0.5, 0.6) is 0 Å². The van der Waals surface area contributed by atoms with Gasteiger partial charge in [-0.25, -0.2) is 9.78 Å². The number of nitrogens with one attached hydrogen (secondary N) is 2. The molecular weight excluding hydrogens is 535 g/mol. The summed E-state index contributed by atoms with van der Waals surface area (Å²) in [6, 6.07) is 14.1. The molecule has 2 aromatic carbocycles. The fraction of sp³-hybridized carbons (Fsp3) is 0.433. The number of carbonyl (C=O) groups excluding carboxylic acids is 2. The predicted octanol–water partition coefficient (Wildman–Crippen LogP) is 5.07. The van der Waals surface area contributed by atoms with Gasteiger partial charge in [-0.05, 0) is 30.9 Å². The Morgan fingerprint density at radius 1 is 1.10 bits per heavy atom. The van der Waals surface area contributed by atoms with Gasteiger partial charge in [0.05, 0.1) is 36.8 Å². The Hall–Kier alpha value is -3.86. The zero-order valence-corrected chi connectivity index (χ0v) is 22.9. The van der Waals surface area contributed by atoms with Crippen LogP contribution < -0.4 is 10.6 Å². The topological polar surface area (TPSA) is 88.5 Å². The van der Waals surface area contributed by atoms with Crippen molar-refractivity contribution in [3.8, 4) is 11.3 Å². The monoisotopic (exact) mass is 569 g/mol. The van der Waals surface area contributed by atoms with E-state index in [1.54, 1.807) is 17.3 Å². The minimum absolute atomic E-state index is 0.129. The highest BCUT2D eigenvalue weighted by atomic mass is 19.4. The third-order valence-corrected chi connectivity index (χ3v) is 7.96. The predicted molar refractivity (Wildman–Crippen MR) is 147 cm³/mol. The maximum atomic E-state index is 14.2. The van der Waals surface area contributed by atoms with E-state index in [1.165, 1.54) is 13.2 Å². The zero-order valence-electron chi connectivity index (χ0n) is 22.9. The quantitative estimate of drug-likeness (QED) is 0.433. The molecule has 41 heavy (non-hydrogen) atoms. The Labute approximate surface area is 236 Å². The summed E-state index contributed by atoms with van der Waals surface area (Å²) in [5.41, 5.74) is 1.58. The van der Waals surface area contributed by atoms with Crippen molar-refractivity contribution >= 4 is 12.0 Å². The second-order valence-electron chi connectivity index (χ2n) is 10.6. The first-order valence-corrected chi connectivity index (χ1v) is 13.9. The second-order valence-corrected chi connectivity index (χ2v) is 10.6. The molecule has 2 fully saturated rings. The minimum atomic E-state index is -4.44. The number of hydrogen-bond acceptors (Lipinski definition) is 5. The molecule has 5 rings (SSSR count). The number of halogens is 3. The molecule has 0 bridgehead atoms. The van der Waals surface area contributed by atoms with Crippen molar-refractivity contribution in [3.05, 3.63) is 77.7 Å². The number of benzene rings is 2. The number of alkyl carbamates (subject to hydrolysis) is 1. The maximum absolute atomic E-state index is 14.2. The van der Waals surface area contributed by atoms with E-state index in [2.05, 4.69) is 15.6 Å². The molecule has 2 heterocycles. The summed E-state index contributed by atoms with van der Waals surface area (Å²) in [5, 5.41) is 6.23. The van der Waals surface area contributed by atoms with Gasteiger partial charge < -0.3 is 24.8 Å². The van der Waals surface area contributed by atoms with Crippen molar-refractivity contribution in [3.63, 3.8) is 0 Å². The van der Waals surface area contributed by atoms with Crippen molar-refractivity contribution in [2.45, 2.75) is 56.4 Å². The van der Waals surface area contributed by atoms with Crippen LogP contribution in [0.1, 0.15) is 53.3 Å².